The van der Waals surface area contributed by atoms with Gasteiger partial charge in [0.05, 0.1) is 6.10 Å². The normalized spacial score (nSPS) is 39.8. The second kappa shape index (κ2) is 5.99. The molecular formula is C22H33NO2. The monoisotopic (exact) mass is 343 g/mol. The number of benzene rings is 1. The Kier molecular flexibility index (Phi) is 4.16. The van der Waals surface area contributed by atoms with Crippen LogP contribution in [0.5, 0.6) is 5.75 Å². The Morgan fingerprint density at radius 2 is 1.96 bits per heavy atom. The Labute approximate surface area is 152 Å². The Bertz CT molecular complexity index is 670. The lowest BCUT2D eigenvalue weighted by Crippen LogP contribution is -2.50. The maximum atomic E-state index is 11.2. The van der Waals surface area contributed by atoms with Crippen molar-refractivity contribution in [1.82, 2.24) is 4.90 Å². The van der Waals surface area contributed by atoms with E-state index >= 15 is 0 Å². The predicted molar refractivity (Wildman–Crippen MR) is 101 cm³/mol. The van der Waals surface area contributed by atoms with Crippen molar-refractivity contribution >= 4 is 0 Å². The van der Waals surface area contributed by atoms with Crippen molar-refractivity contribution < 1.29 is 10.2 Å². The molecule has 0 bridgehead atoms. The fourth-order valence-corrected chi connectivity index (χ4v) is 6.81. The van der Waals surface area contributed by atoms with Crippen LogP contribution < -0.4 is 0 Å². The molecule has 0 saturated heterocycles. The van der Waals surface area contributed by atoms with Crippen LogP contribution in [0.1, 0.15) is 55.2 Å². The van der Waals surface area contributed by atoms with Crippen LogP contribution in [0.25, 0.3) is 0 Å². The summed E-state index contributed by atoms with van der Waals surface area (Å²) in [7, 11) is 4.34. The Morgan fingerprint density at radius 3 is 2.68 bits per heavy atom. The van der Waals surface area contributed by atoms with Crippen molar-refractivity contribution in [1.29, 1.82) is 0 Å². The van der Waals surface area contributed by atoms with Crippen LogP contribution in [0, 0.1) is 30.1 Å². The summed E-state index contributed by atoms with van der Waals surface area (Å²) >= 11 is 0. The van der Waals surface area contributed by atoms with Crippen LogP contribution in [0.4, 0.5) is 0 Å². The highest BCUT2D eigenvalue weighted by Crippen LogP contribution is 2.63. The largest absolute Gasteiger partial charge is 0.508 e. The first kappa shape index (κ1) is 17.4. The molecule has 0 spiro atoms. The lowest BCUT2D eigenvalue weighted by Gasteiger charge is -2.53. The van der Waals surface area contributed by atoms with Crippen LogP contribution in [0.15, 0.2) is 12.1 Å². The van der Waals surface area contributed by atoms with Crippen LogP contribution in [-0.4, -0.2) is 41.9 Å². The van der Waals surface area contributed by atoms with Gasteiger partial charge in [0.25, 0.3) is 0 Å². The van der Waals surface area contributed by atoms with E-state index < -0.39 is 0 Å². The molecule has 4 rings (SSSR count). The topological polar surface area (TPSA) is 43.7 Å². The minimum Gasteiger partial charge on any atom is -0.508 e. The van der Waals surface area contributed by atoms with Crippen LogP contribution in [-0.2, 0) is 6.42 Å². The molecule has 25 heavy (non-hydrogen) atoms. The fraction of sp³-hybridized carbons (Fsp3) is 0.727. The lowest BCUT2D eigenvalue weighted by molar-refractivity contribution is -0.0582. The molecule has 3 aliphatic carbocycles. The molecule has 2 saturated carbocycles. The van der Waals surface area contributed by atoms with E-state index in [-0.39, 0.29) is 17.4 Å². The zero-order valence-electron chi connectivity index (χ0n) is 16.1. The Morgan fingerprint density at radius 1 is 1.20 bits per heavy atom. The summed E-state index contributed by atoms with van der Waals surface area (Å²) < 4.78 is 0. The molecule has 0 aliphatic heterocycles. The average Bonchev–Trinajstić information content (AvgIpc) is 2.86. The van der Waals surface area contributed by atoms with Crippen molar-refractivity contribution in [2.45, 2.75) is 58.0 Å². The van der Waals surface area contributed by atoms with E-state index in [9.17, 15) is 10.2 Å². The predicted octanol–water partition coefficient (Wildman–Crippen LogP) is 3.71. The molecule has 2 N–H and O–H groups in total. The number of rotatable bonds is 2. The molecule has 1 aromatic carbocycles. The number of aromatic hydroxyl groups is 1. The quantitative estimate of drug-likeness (QED) is 0.860. The maximum absolute atomic E-state index is 11.2. The standard InChI is InChI=1S/C22H33NO2/c1-13-5-10-18(24)16-8-7-15-17-9-6-14(12-23(3)4)22(17,2)11-19(25)21(15)20(13)16/h5,10,14-15,17,19,21,24-25H,6-9,11-12H2,1-4H3/t14-,15?,17?,19+,21?,22-/m1/s1. The molecule has 3 heteroatoms. The summed E-state index contributed by atoms with van der Waals surface area (Å²) in [6.45, 7) is 5.72. The molecular weight excluding hydrogens is 310 g/mol. The number of aryl methyl sites for hydroxylation is 1. The number of nitrogens with zero attached hydrogens (tertiary/aromatic N) is 1. The van der Waals surface area contributed by atoms with Crippen LogP contribution >= 0.6 is 0 Å². The van der Waals surface area contributed by atoms with Gasteiger partial charge < -0.3 is 15.1 Å². The van der Waals surface area contributed by atoms with Crippen LogP contribution in [0.3, 0.4) is 0 Å². The molecule has 1 aromatic rings. The summed E-state index contributed by atoms with van der Waals surface area (Å²) in [5.74, 6) is 2.60. The van der Waals surface area contributed by atoms with Crippen molar-refractivity contribution in [2.75, 3.05) is 20.6 Å². The zero-order chi connectivity index (χ0) is 17.9. The van der Waals surface area contributed by atoms with Gasteiger partial charge in [0.2, 0.25) is 0 Å². The second-order valence-corrected chi connectivity index (χ2v) is 9.44. The number of aliphatic hydroxyl groups is 1. The third-order valence-corrected chi connectivity index (χ3v) is 7.84. The molecule has 3 aliphatic rings. The maximum Gasteiger partial charge on any atom is 0.119 e. The van der Waals surface area contributed by atoms with Crippen LogP contribution in [0.2, 0.25) is 0 Å². The molecule has 3 unspecified atom stereocenters. The lowest BCUT2D eigenvalue weighted by atomic mass is 9.52. The molecule has 0 aromatic heterocycles. The van der Waals surface area contributed by atoms with Crippen molar-refractivity contribution in [3.63, 3.8) is 0 Å². The van der Waals surface area contributed by atoms with Crippen molar-refractivity contribution in [3.8, 4) is 5.75 Å². The van der Waals surface area contributed by atoms with Gasteiger partial charge in [0, 0.05) is 12.5 Å². The number of phenols is 1. The van der Waals surface area contributed by atoms with Gasteiger partial charge in [-0.15, -0.1) is 0 Å². The summed E-state index contributed by atoms with van der Waals surface area (Å²) in [6.07, 6.45) is 5.29. The first-order valence-corrected chi connectivity index (χ1v) is 9.97. The third-order valence-electron chi connectivity index (χ3n) is 7.84. The molecule has 6 atom stereocenters. The zero-order valence-corrected chi connectivity index (χ0v) is 16.1. The van der Waals surface area contributed by atoms with E-state index in [2.05, 4.69) is 32.8 Å². The van der Waals surface area contributed by atoms with Crippen molar-refractivity contribution in [3.05, 3.63) is 28.8 Å². The van der Waals surface area contributed by atoms with E-state index in [0.717, 1.165) is 31.4 Å². The van der Waals surface area contributed by atoms with Crippen molar-refractivity contribution in [2.24, 2.45) is 23.2 Å². The van der Waals surface area contributed by atoms with E-state index in [1.165, 1.54) is 24.0 Å². The average molecular weight is 344 g/mol. The summed E-state index contributed by atoms with van der Waals surface area (Å²) in [5, 5.41) is 21.6. The van der Waals surface area contributed by atoms with E-state index in [0.29, 0.717) is 23.5 Å². The molecule has 138 valence electrons. The SMILES string of the molecule is Cc1ccc(O)c2c1C1C(CC2)C2CC[C@H](CN(C)C)[C@@]2(C)C[C@@H]1O. The summed E-state index contributed by atoms with van der Waals surface area (Å²) in [5.41, 5.74) is 3.87. The van der Waals surface area contributed by atoms with Gasteiger partial charge in [-0.3, -0.25) is 0 Å². The highest BCUT2D eigenvalue weighted by atomic mass is 16.3. The van der Waals surface area contributed by atoms with Gasteiger partial charge in [0.1, 0.15) is 5.75 Å². The minimum atomic E-state index is -0.284. The number of fused-ring (bicyclic) bond motifs is 5. The highest BCUT2D eigenvalue weighted by molar-refractivity contribution is 5.49. The number of aliphatic hydroxyl groups excluding tert-OH is 1. The van der Waals surface area contributed by atoms with E-state index in [4.69, 9.17) is 0 Å². The van der Waals surface area contributed by atoms with Gasteiger partial charge in [-0.05, 0) is 99.0 Å². The Hall–Kier alpha value is -1.06. The molecule has 3 nitrogen and oxygen atoms in total. The molecule has 2 fully saturated rings. The first-order valence-electron chi connectivity index (χ1n) is 9.97. The Balaban J connectivity index is 1.72. The van der Waals surface area contributed by atoms with Gasteiger partial charge in [0.15, 0.2) is 0 Å². The highest BCUT2D eigenvalue weighted by Gasteiger charge is 2.57. The summed E-state index contributed by atoms with van der Waals surface area (Å²) in [4.78, 5) is 2.31. The molecule has 0 amide bonds. The molecule has 0 radical (unpaired) electrons. The van der Waals surface area contributed by atoms with E-state index in [1.54, 1.807) is 0 Å². The van der Waals surface area contributed by atoms with Gasteiger partial charge in [-0.2, -0.15) is 0 Å². The second-order valence-electron chi connectivity index (χ2n) is 9.44. The van der Waals surface area contributed by atoms with Gasteiger partial charge >= 0.3 is 0 Å². The summed E-state index contributed by atoms with van der Waals surface area (Å²) in [6, 6.07) is 3.86. The first-order chi connectivity index (χ1) is 11.8. The smallest absolute Gasteiger partial charge is 0.119 e. The van der Waals surface area contributed by atoms with Gasteiger partial charge in [-0.1, -0.05) is 13.0 Å². The third kappa shape index (κ3) is 2.54. The van der Waals surface area contributed by atoms with E-state index in [1.807, 2.05) is 12.1 Å². The number of phenolic OH excluding ortho intramolecular Hbond substituents is 1. The fourth-order valence-electron chi connectivity index (χ4n) is 6.81. The molecule has 0 heterocycles. The minimum absolute atomic E-state index is 0.215. The number of hydrogen-bond acceptors (Lipinski definition) is 3. The number of hydrogen-bond donors (Lipinski definition) is 2. The van der Waals surface area contributed by atoms with Gasteiger partial charge in [-0.25, -0.2) is 0 Å².